The van der Waals surface area contributed by atoms with Gasteiger partial charge in [-0.05, 0) is 48.2 Å². The molecule has 0 aliphatic carbocycles. The maximum absolute atomic E-state index is 12.4. The fourth-order valence-electron chi connectivity index (χ4n) is 2.57. The highest BCUT2D eigenvalue weighted by Gasteiger charge is 2.13. The minimum absolute atomic E-state index is 0.0372. The van der Waals surface area contributed by atoms with E-state index in [0.29, 0.717) is 36.1 Å². The Labute approximate surface area is 167 Å². The zero-order valence-corrected chi connectivity index (χ0v) is 16.8. The molecule has 0 saturated heterocycles. The molecule has 5 nitrogen and oxygen atoms in total. The summed E-state index contributed by atoms with van der Waals surface area (Å²) in [7, 11) is 1.80. The van der Waals surface area contributed by atoms with Gasteiger partial charge in [0.25, 0.3) is 0 Å². The molecule has 0 aliphatic rings. The second-order valence-corrected chi connectivity index (χ2v) is 7.43. The number of rotatable bonds is 7. The van der Waals surface area contributed by atoms with E-state index in [1.165, 1.54) is 4.90 Å². The van der Waals surface area contributed by atoms with Gasteiger partial charge in [-0.25, -0.2) is 0 Å². The number of aromatic nitrogens is 2. The molecule has 0 radical (unpaired) electrons. The van der Waals surface area contributed by atoms with Gasteiger partial charge in [-0.3, -0.25) is 4.79 Å². The summed E-state index contributed by atoms with van der Waals surface area (Å²) in [5.74, 6) is 0.984. The van der Waals surface area contributed by atoms with Crippen molar-refractivity contribution in [2.45, 2.75) is 24.3 Å². The van der Waals surface area contributed by atoms with Crippen molar-refractivity contribution in [1.82, 2.24) is 15.0 Å². The highest BCUT2D eigenvalue weighted by molar-refractivity contribution is 7.98. The van der Waals surface area contributed by atoms with Crippen LogP contribution in [0.4, 0.5) is 0 Å². The van der Waals surface area contributed by atoms with Gasteiger partial charge in [-0.15, -0.1) is 11.8 Å². The summed E-state index contributed by atoms with van der Waals surface area (Å²) in [6, 6.07) is 15.4. The molecule has 0 N–H and O–H groups in total. The molecule has 1 aromatic heterocycles. The van der Waals surface area contributed by atoms with Gasteiger partial charge in [0, 0.05) is 41.9 Å². The zero-order valence-electron chi connectivity index (χ0n) is 15.2. The van der Waals surface area contributed by atoms with Crippen LogP contribution in [0.3, 0.4) is 0 Å². The Balaban J connectivity index is 1.53. The van der Waals surface area contributed by atoms with Gasteiger partial charge in [-0.2, -0.15) is 4.98 Å². The molecule has 140 valence electrons. The number of hydrogen-bond donors (Lipinski definition) is 0. The van der Waals surface area contributed by atoms with E-state index in [9.17, 15) is 4.79 Å². The van der Waals surface area contributed by atoms with Gasteiger partial charge in [0.15, 0.2) is 0 Å². The van der Waals surface area contributed by atoms with Crippen molar-refractivity contribution < 1.29 is 9.32 Å². The van der Waals surface area contributed by atoms with E-state index in [1.54, 1.807) is 35.8 Å². The predicted molar refractivity (Wildman–Crippen MR) is 108 cm³/mol. The molecule has 3 rings (SSSR count). The first-order valence-corrected chi connectivity index (χ1v) is 10.1. The van der Waals surface area contributed by atoms with Gasteiger partial charge in [-0.1, -0.05) is 28.9 Å². The highest BCUT2D eigenvalue weighted by atomic mass is 35.5. The smallest absolute Gasteiger partial charge is 0.227 e. The van der Waals surface area contributed by atoms with Crippen molar-refractivity contribution in [1.29, 1.82) is 0 Å². The first-order valence-electron chi connectivity index (χ1n) is 8.50. The van der Waals surface area contributed by atoms with Gasteiger partial charge in [0.05, 0.1) is 0 Å². The van der Waals surface area contributed by atoms with E-state index in [2.05, 4.69) is 22.3 Å². The number of hydrogen-bond acceptors (Lipinski definition) is 5. The van der Waals surface area contributed by atoms with Crippen molar-refractivity contribution >= 4 is 29.3 Å². The number of nitrogens with zero attached hydrogens (tertiary/aromatic N) is 3. The number of halogens is 1. The predicted octanol–water partition coefficient (Wildman–Crippen LogP) is 4.70. The van der Waals surface area contributed by atoms with Crippen molar-refractivity contribution in [3.63, 3.8) is 0 Å². The average molecular weight is 402 g/mol. The summed E-state index contributed by atoms with van der Waals surface area (Å²) in [4.78, 5) is 19.6. The van der Waals surface area contributed by atoms with Crippen LogP contribution in [0.15, 0.2) is 57.9 Å². The fraction of sp³-hybridized carbons (Fsp3) is 0.250. The molecule has 1 amide bonds. The zero-order chi connectivity index (χ0) is 19.2. The molecule has 0 fully saturated rings. The fourth-order valence-corrected chi connectivity index (χ4v) is 3.10. The second-order valence-electron chi connectivity index (χ2n) is 6.12. The lowest BCUT2D eigenvalue weighted by Gasteiger charge is -2.17. The van der Waals surface area contributed by atoms with E-state index in [0.717, 1.165) is 11.1 Å². The number of thioether (sulfide) groups is 1. The Morgan fingerprint density at radius 3 is 2.52 bits per heavy atom. The maximum Gasteiger partial charge on any atom is 0.227 e. The second kappa shape index (κ2) is 9.06. The van der Waals surface area contributed by atoms with Crippen LogP contribution in [0.25, 0.3) is 11.4 Å². The minimum atomic E-state index is 0.0372. The molecule has 0 atom stereocenters. The Hall–Kier alpha value is -2.31. The lowest BCUT2D eigenvalue weighted by Crippen LogP contribution is -2.26. The molecule has 2 aromatic carbocycles. The summed E-state index contributed by atoms with van der Waals surface area (Å²) >= 11 is 7.58. The lowest BCUT2D eigenvalue weighted by molar-refractivity contribution is -0.130. The summed E-state index contributed by atoms with van der Waals surface area (Å²) in [6.45, 7) is 0.577. The van der Waals surface area contributed by atoms with E-state index < -0.39 is 0 Å². The normalized spacial score (nSPS) is 10.8. The number of amides is 1. The molecule has 1 heterocycles. The first kappa shape index (κ1) is 19.5. The van der Waals surface area contributed by atoms with Crippen molar-refractivity contribution in [3.8, 4) is 11.4 Å². The lowest BCUT2D eigenvalue weighted by atomic mass is 10.2. The molecular formula is C20H20ClN3O2S. The molecule has 27 heavy (non-hydrogen) atoms. The van der Waals surface area contributed by atoms with Gasteiger partial charge >= 0.3 is 0 Å². The molecule has 0 bridgehead atoms. The Morgan fingerprint density at radius 2 is 1.85 bits per heavy atom. The molecular weight excluding hydrogens is 382 g/mol. The standard InChI is InChI=1S/C20H20ClN3O2S/c1-24(13-14-3-9-17(27-2)10-4-14)19(25)12-11-18-22-20(23-26-18)15-5-7-16(21)8-6-15/h3-10H,11-13H2,1-2H3. The van der Waals surface area contributed by atoms with E-state index in [1.807, 2.05) is 30.5 Å². The van der Waals surface area contributed by atoms with Crippen LogP contribution in [-0.4, -0.2) is 34.3 Å². The molecule has 0 unspecified atom stereocenters. The molecule has 3 aromatic rings. The summed E-state index contributed by atoms with van der Waals surface area (Å²) in [5.41, 5.74) is 1.93. The summed E-state index contributed by atoms with van der Waals surface area (Å²) in [5, 5.41) is 4.62. The SMILES string of the molecule is CSc1ccc(CN(C)C(=O)CCc2nc(-c3ccc(Cl)cc3)no2)cc1. The van der Waals surface area contributed by atoms with Crippen LogP contribution < -0.4 is 0 Å². The quantitative estimate of drug-likeness (QED) is 0.537. The van der Waals surface area contributed by atoms with Gasteiger partial charge < -0.3 is 9.42 Å². The minimum Gasteiger partial charge on any atom is -0.341 e. The molecule has 7 heteroatoms. The van der Waals surface area contributed by atoms with Crippen molar-refractivity contribution in [3.05, 3.63) is 65.0 Å². The number of aryl methyl sites for hydroxylation is 1. The van der Waals surface area contributed by atoms with Crippen LogP contribution in [0.2, 0.25) is 5.02 Å². The maximum atomic E-state index is 12.4. The molecule has 0 saturated carbocycles. The Bertz CT molecular complexity index is 894. The average Bonchev–Trinajstić information content (AvgIpc) is 3.16. The first-order chi connectivity index (χ1) is 13.0. The third-order valence-corrected chi connectivity index (χ3v) is 5.12. The Kier molecular flexibility index (Phi) is 6.53. The van der Waals surface area contributed by atoms with Crippen molar-refractivity contribution in [2.24, 2.45) is 0 Å². The van der Waals surface area contributed by atoms with E-state index in [-0.39, 0.29) is 5.91 Å². The summed E-state index contributed by atoms with van der Waals surface area (Å²) < 4.78 is 5.26. The Morgan fingerprint density at radius 1 is 1.15 bits per heavy atom. The largest absolute Gasteiger partial charge is 0.341 e. The summed E-state index contributed by atoms with van der Waals surface area (Å²) in [6.07, 6.45) is 2.78. The van der Waals surface area contributed by atoms with E-state index in [4.69, 9.17) is 16.1 Å². The number of benzene rings is 2. The highest BCUT2D eigenvalue weighted by Crippen LogP contribution is 2.19. The third-order valence-electron chi connectivity index (χ3n) is 4.13. The van der Waals surface area contributed by atoms with Crippen LogP contribution in [0, 0.1) is 0 Å². The molecule has 0 spiro atoms. The van der Waals surface area contributed by atoms with Crippen LogP contribution in [0.5, 0.6) is 0 Å². The topological polar surface area (TPSA) is 59.2 Å². The van der Waals surface area contributed by atoms with Crippen molar-refractivity contribution in [2.75, 3.05) is 13.3 Å². The van der Waals surface area contributed by atoms with Crippen LogP contribution in [-0.2, 0) is 17.8 Å². The number of carbonyl (C=O) groups excluding carboxylic acids is 1. The molecule has 0 aliphatic heterocycles. The number of carbonyl (C=O) groups is 1. The van der Waals surface area contributed by atoms with Gasteiger partial charge in [0.1, 0.15) is 0 Å². The monoisotopic (exact) mass is 401 g/mol. The van der Waals surface area contributed by atoms with Gasteiger partial charge in [0.2, 0.25) is 17.6 Å². The van der Waals surface area contributed by atoms with Crippen LogP contribution >= 0.6 is 23.4 Å². The van der Waals surface area contributed by atoms with E-state index >= 15 is 0 Å². The van der Waals surface area contributed by atoms with Crippen LogP contribution in [0.1, 0.15) is 17.9 Å². The third kappa shape index (κ3) is 5.34.